The third-order valence-electron chi connectivity index (χ3n) is 7.44. The minimum absolute atomic E-state index is 0.395. The second kappa shape index (κ2) is 10.9. The number of likely N-dealkylation sites (tertiary alicyclic amines) is 1. The second-order valence-electron chi connectivity index (χ2n) is 10.3. The summed E-state index contributed by atoms with van der Waals surface area (Å²) in [5, 5.41) is 8.17. The van der Waals surface area contributed by atoms with E-state index in [-0.39, 0.29) is 0 Å². The van der Waals surface area contributed by atoms with Crippen molar-refractivity contribution in [1.82, 2.24) is 20.2 Å². The van der Waals surface area contributed by atoms with E-state index in [1.807, 2.05) is 7.05 Å². The number of hydrogen-bond acceptors (Lipinski definition) is 8. The number of rotatable bonds is 9. The Hall–Kier alpha value is -3.10. The molecule has 2 aliphatic rings. The monoisotopic (exact) mass is 489 g/mol. The van der Waals surface area contributed by atoms with Crippen molar-refractivity contribution < 1.29 is 4.74 Å². The first kappa shape index (κ1) is 24.6. The smallest absolute Gasteiger partial charge is 0.227 e. The summed E-state index contributed by atoms with van der Waals surface area (Å²) in [7, 11) is 7.96. The van der Waals surface area contributed by atoms with Crippen LogP contribution in [0.3, 0.4) is 0 Å². The number of aromatic nitrogens is 2. The lowest BCUT2D eigenvalue weighted by atomic mass is 10.0. The molecule has 2 saturated heterocycles. The zero-order chi connectivity index (χ0) is 25.1. The summed E-state index contributed by atoms with van der Waals surface area (Å²) in [5.41, 5.74) is 3.48. The number of anilines is 3. The molecular weight excluding hydrogens is 450 g/mol. The zero-order valence-electron chi connectivity index (χ0n) is 22.0. The number of nitrogens with one attached hydrogen (secondary N) is 2. The summed E-state index contributed by atoms with van der Waals surface area (Å²) in [6.07, 6.45) is 2.15. The Labute approximate surface area is 214 Å². The molecule has 2 N–H and O–H groups in total. The molecule has 2 aliphatic heterocycles. The number of piperidine rings is 1. The van der Waals surface area contributed by atoms with E-state index in [2.05, 4.69) is 81.9 Å². The molecule has 0 aliphatic carbocycles. The summed E-state index contributed by atoms with van der Waals surface area (Å²) in [5.74, 6) is 3.44. The molecule has 8 heteroatoms. The maximum absolute atomic E-state index is 5.70. The van der Waals surface area contributed by atoms with Gasteiger partial charge in [0.05, 0.1) is 12.6 Å². The van der Waals surface area contributed by atoms with Crippen LogP contribution in [-0.4, -0.2) is 81.9 Å². The topological polar surface area (TPSA) is 68.8 Å². The first-order valence-electron chi connectivity index (χ1n) is 13.0. The zero-order valence-corrected chi connectivity index (χ0v) is 22.0. The lowest BCUT2D eigenvalue weighted by molar-refractivity contribution is 0.209. The summed E-state index contributed by atoms with van der Waals surface area (Å²) in [6.45, 7) is 6.03. The summed E-state index contributed by atoms with van der Waals surface area (Å²) >= 11 is 0. The highest BCUT2D eigenvalue weighted by atomic mass is 16.5. The fraction of sp³-hybridized carbons (Fsp3) is 0.500. The Morgan fingerprint density at radius 1 is 1.03 bits per heavy atom. The molecule has 192 valence electrons. The molecule has 8 nitrogen and oxygen atoms in total. The molecule has 0 saturated carbocycles. The Morgan fingerprint density at radius 3 is 2.53 bits per heavy atom. The SMILES string of the molecule is CNCC1CN(c2nc(NC3CCN(Cc4c(OC)cccc4N(C)C)CC3)c3ccccc3n2)C1. The van der Waals surface area contributed by atoms with E-state index in [1.165, 1.54) is 11.3 Å². The molecule has 0 amide bonds. The fourth-order valence-corrected chi connectivity index (χ4v) is 5.44. The van der Waals surface area contributed by atoms with Crippen LogP contribution < -0.4 is 25.2 Å². The van der Waals surface area contributed by atoms with E-state index >= 15 is 0 Å². The first-order chi connectivity index (χ1) is 17.6. The lowest BCUT2D eigenvalue weighted by Crippen LogP contribution is -2.51. The molecule has 0 bridgehead atoms. The normalized spacial score (nSPS) is 17.3. The predicted octanol–water partition coefficient (Wildman–Crippen LogP) is 3.44. The molecular formula is C28H39N7O. The Morgan fingerprint density at radius 2 is 1.81 bits per heavy atom. The van der Waals surface area contributed by atoms with E-state index < -0.39 is 0 Å². The van der Waals surface area contributed by atoms with Crippen molar-refractivity contribution in [2.75, 3.05) is 76.1 Å². The molecule has 0 spiro atoms. The maximum Gasteiger partial charge on any atom is 0.227 e. The molecule has 0 unspecified atom stereocenters. The van der Waals surface area contributed by atoms with E-state index in [4.69, 9.17) is 14.7 Å². The largest absolute Gasteiger partial charge is 0.496 e. The third-order valence-corrected chi connectivity index (χ3v) is 7.44. The van der Waals surface area contributed by atoms with Crippen molar-refractivity contribution in [3.05, 3.63) is 48.0 Å². The first-order valence-corrected chi connectivity index (χ1v) is 13.0. The van der Waals surface area contributed by atoms with Crippen LogP contribution in [0, 0.1) is 5.92 Å². The predicted molar refractivity (Wildman–Crippen MR) is 148 cm³/mol. The third kappa shape index (κ3) is 5.20. The summed E-state index contributed by atoms with van der Waals surface area (Å²) < 4.78 is 5.70. The van der Waals surface area contributed by atoms with Gasteiger partial charge in [-0.05, 0) is 44.2 Å². The van der Waals surface area contributed by atoms with Crippen LogP contribution in [-0.2, 0) is 6.54 Å². The van der Waals surface area contributed by atoms with Crippen LogP contribution in [0.2, 0.25) is 0 Å². The van der Waals surface area contributed by atoms with Crippen molar-refractivity contribution >= 4 is 28.4 Å². The number of fused-ring (bicyclic) bond motifs is 1. The molecule has 0 radical (unpaired) electrons. The van der Waals surface area contributed by atoms with E-state index in [9.17, 15) is 0 Å². The van der Waals surface area contributed by atoms with Crippen LogP contribution in [0.4, 0.5) is 17.5 Å². The van der Waals surface area contributed by atoms with Gasteiger partial charge in [0.25, 0.3) is 0 Å². The summed E-state index contributed by atoms with van der Waals surface area (Å²) in [6, 6.07) is 15.0. The molecule has 2 aromatic carbocycles. The molecule has 3 heterocycles. The number of nitrogens with zero attached hydrogens (tertiary/aromatic N) is 5. The average molecular weight is 490 g/mol. The van der Waals surface area contributed by atoms with Crippen molar-refractivity contribution in [2.24, 2.45) is 5.92 Å². The Bertz CT molecular complexity index is 1170. The summed E-state index contributed by atoms with van der Waals surface area (Å²) in [4.78, 5) is 16.9. The van der Waals surface area contributed by atoms with Gasteiger partial charge < -0.3 is 25.2 Å². The van der Waals surface area contributed by atoms with E-state index in [0.29, 0.717) is 12.0 Å². The van der Waals surface area contributed by atoms with Crippen LogP contribution in [0.25, 0.3) is 10.9 Å². The van der Waals surface area contributed by atoms with Crippen LogP contribution >= 0.6 is 0 Å². The van der Waals surface area contributed by atoms with Gasteiger partial charge in [0.15, 0.2) is 0 Å². The van der Waals surface area contributed by atoms with Gasteiger partial charge >= 0.3 is 0 Å². The highest BCUT2D eigenvalue weighted by Gasteiger charge is 2.29. The number of hydrogen-bond donors (Lipinski definition) is 2. The van der Waals surface area contributed by atoms with Crippen LogP contribution in [0.5, 0.6) is 5.75 Å². The van der Waals surface area contributed by atoms with Gasteiger partial charge in [-0.25, -0.2) is 4.98 Å². The quantitative estimate of drug-likeness (QED) is 0.474. The van der Waals surface area contributed by atoms with Crippen molar-refractivity contribution in [1.29, 1.82) is 0 Å². The van der Waals surface area contributed by atoms with Gasteiger partial charge in [0, 0.05) is 82.0 Å². The van der Waals surface area contributed by atoms with Gasteiger partial charge in [-0.1, -0.05) is 18.2 Å². The molecule has 2 fully saturated rings. The Balaban J connectivity index is 1.26. The van der Waals surface area contributed by atoms with Gasteiger partial charge in [0.2, 0.25) is 5.95 Å². The van der Waals surface area contributed by atoms with Crippen LogP contribution in [0.1, 0.15) is 18.4 Å². The average Bonchev–Trinajstić information content (AvgIpc) is 2.87. The highest BCUT2D eigenvalue weighted by molar-refractivity contribution is 5.90. The standard InChI is InChI=1S/C28H39N7O/c1-29-16-20-17-35(18-20)28-31-24-9-6-5-8-22(24)27(32-28)30-21-12-14-34(15-13-21)19-23-25(33(2)3)10-7-11-26(23)36-4/h5-11,20-21,29H,12-19H2,1-4H3,(H,30,31,32). The van der Waals surface area contributed by atoms with Gasteiger partial charge in [-0.3, -0.25) is 4.90 Å². The number of methoxy groups -OCH3 is 1. The molecule has 0 atom stereocenters. The molecule has 1 aromatic heterocycles. The van der Waals surface area contributed by atoms with Crippen LogP contribution in [0.15, 0.2) is 42.5 Å². The minimum atomic E-state index is 0.395. The molecule has 5 rings (SSSR count). The minimum Gasteiger partial charge on any atom is -0.496 e. The number of ether oxygens (including phenoxy) is 1. The van der Waals surface area contributed by atoms with Crippen molar-refractivity contribution in [3.63, 3.8) is 0 Å². The van der Waals surface area contributed by atoms with E-state index in [1.54, 1.807) is 7.11 Å². The number of benzene rings is 2. The van der Waals surface area contributed by atoms with Gasteiger partial charge in [-0.15, -0.1) is 0 Å². The van der Waals surface area contributed by atoms with E-state index in [0.717, 1.165) is 80.5 Å². The van der Waals surface area contributed by atoms with Gasteiger partial charge in [-0.2, -0.15) is 4.98 Å². The number of para-hydroxylation sites is 1. The fourth-order valence-electron chi connectivity index (χ4n) is 5.44. The second-order valence-corrected chi connectivity index (χ2v) is 10.3. The lowest BCUT2D eigenvalue weighted by Gasteiger charge is -2.39. The highest BCUT2D eigenvalue weighted by Crippen LogP contribution is 2.32. The van der Waals surface area contributed by atoms with Gasteiger partial charge in [0.1, 0.15) is 11.6 Å². The Kier molecular flexibility index (Phi) is 7.43. The van der Waals surface area contributed by atoms with Crippen molar-refractivity contribution in [2.45, 2.75) is 25.4 Å². The molecule has 36 heavy (non-hydrogen) atoms. The molecule has 3 aromatic rings. The maximum atomic E-state index is 5.70. The van der Waals surface area contributed by atoms with Crippen molar-refractivity contribution in [3.8, 4) is 5.75 Å².